The van der Waals surface area contributed by atoms with E-state index in [2.05, 4.69) is 48.1 Å². The summed E-state index contributed by atoms with van der Waals surface area (Å²) >= 11 is 0. The van der Waals surface area contributed by atoms with E-state index in [1.165, 1.54) is 0 Å². The maximum absolute atomic E-state index is 12.7. The zero-order valence-electron chi connectivity index (χ0n) is 49.8. The van der Waals surface area contributed by atoms with Crippen molar-refractivity contribution in [2.45, 2.75) is 265 Å². The van der Waals surface area contributed by atoms with Gasteiger partial charge in [0, 0.05) is 17.9 Å². The molecule has 0 aromatic heterocycles. The molecule has 2 bridgehead atoms. The first-order chi connectivity index (χ1) is 40.5. The van der Waals surface area contributed by atoms with Crippen LogP contribution in [0.15, 0.2) is 12.3 Å². The molecule has 27 nitrogen and oxygen atoms in total. The fourth-order valence-electron chi connectivity index (χ4n) is 19.0. The van der Waals surface area contributed by atoms with Crippen molar-refractivity contribution in [3.63, 3.8) is 0 Å². The van der Waals surface area contributed by atoms with Crippen molar-refractivity contribution < 1.29 is 134 Å². The third-order valence-corrected chi connectivity index (χ3v) is 24.3. The van der Waals surface area contributed by atoms with Crippen molar-refractivity contribution >= 4 is 0 Å². The Morgan fingerprint density at radius 3 is 1.65 bits per heavy atom. The summed E-state index contributed by atoms with van der Waals surface area (Å²) in [5, 5.41) is 176. The lowest BCUT2D eigenvalue weighted by molar-refractivity contribution is -0.404. The van der Waals surface area contributed by atoms with Gasteiger partial charge in [0.1, 0.15) is 115 Å². The van der Waals surface area contributed by atoms with Crippen LogP contribution in [0.3, 0.4) is 0 Å². The van der Waals surface area contributed by atoms with Crippen LogP contribution in [0.1, 0.15) is 106 Å². The van der Waals surface area contributed by atoms with E-state index in [9.17, 15) is 81.7 Å². The van der Waals surface area contributed by atoms with Crippen molar-refractivity contribution in [3.8, 4) is 0 Å². The first-order valence-electron chi connectivity index (χ1n) is 30.9. The smallest absolute Gasteiger partial charge is 0.187 e. The molecule has 6 aliphatic heterocycles. The lowest BCUT2D eigenvalue weighted by atomic mass is 9.30. The fourth-order valence-corrected chi connectivity index (χ4v) is 19.0. The van der Waals surface area contributed by atoms with Crippen LogP contribution in [0.2, 0.25) is 0 Å². The zero-order valence-corrected chi connectivity index (χ0v) is 49.8. The molecule has 5 saturated carbocycles. The highest BCUT2D eigenvalue weighted by Gasteiger charge is 2.82. The molecule has 494 valence electrons. The summed E-state index contributed by atoms with van der Waals surface area (Å²) < 4.78 is 68.7. The van der Waals surface area contributed by atoms with Crippen molar-refractivity contribution in [1.82, 2.24) is 0 Å². The molecule has 0 aromatic rings. The van der Waals surface area contributed by atoms with Crippen LogP contribution in [-0.2, 0) is 52.1 Å². The van der Waals surface area contributed by atoms with E-state index in [1.54, 1.807) is 0 Å². The van der Waals surface area contributed by atoms with Crippen molar-refractivity contribution in [2.75, 3.05) is 39.6 Å². The molecule has 27 heteroatoms. The Kier molecular flexibility index (Phi) is 18.3. The lowest BCUT2D eigenvalue weighted by Gasteiger charge is -2.74. The minimum Gasteiger partial charge on any atom is -0.491 e. The van der Waals surface area contributed by atoms with Crippen LogP contribution in [-0.4, -0.2) is 280 Å². The van der Waals surface area contributed by atoms with Gasteiger partial charge in [0.25, 0.3) is 0 Å². The Balaban J connectivity index is 0.870. The largest absolute Gasteiger partial charge is 0.491 e. The van der Waals surface area contributed by atoms with Crippen molar-refractivity contribution in [2.24, 2.45) is 50.2 Å². The zero-order chi connectivity index (χ0) is 62.3. The third kappa shape index (κ3) is 10.1. The quantitative estimate of drug-likeness (QED) is 0.0743. The van der Waals surface area contributed by atoms with Crippen LogP contribution >= 0.6 is 0 Å². The SMILES string of the molecule is C=C1O[C@]23CC[C@@H]4[C@@]5(C)CC[C@H](O[C@@H]6OC[C@H](O[C@@H]7O[C@H](CO)[C@@H](O)[C@H](O[C@@H]8O[C@H](CO)[C@@H](O)[C@H](O)[C@H]8O)[C@H]7O[C@@H]7OC[C@@H](O)[C@H](O)[C@H]7O)[C@H](O)[C@H]6O[C@@H]6O[C@H](CO)[C@@H](O)[C@H](O)[C@H]6O)C(C)(C)[C@@H]5CC[C@@]4(C)[C@]2(C)C[C@@H](O)[C@]12CC[C@](C)(CO)C[C@H]23. The van der Waals surface area contributed by atoms with Gasteiger partial charge >= 0.3 is 0 Å². The normalized spacial score (nSPS) is 57.1. The molecule has 11 fully saturated rings. The number of aliphatic hydroxyl groups is 16. The summed E-state index contributed by atoms with van der Waals surface area (Å²) in [6.07, 6.45) is -35.3. The maximum Gasteiger partial charge on any atom is 0.187 e. The monoisotopic (exact) mass is 1240 g/mol. The van der Waals surface area contributed by atoms with Gasteiger partial charge in [-0.15, -0.1) is 0 Å². The Labute approximate surface area is 499 Å². The predicted molar refractivity (Wildman–Crippen MR) is 288 cm³/mol. The highest BCUT2D eigenvalue weighted by molar-refractivity contribution is 5.35. The van der Waals surface area contributed by atoms with E-state index in [0.717, 1.165) is 38.5 Å². The maximum atomic E-state index is 12.7. The first kappa shape index (κ1) is 66.0. The van der Waals surface area contributed by atoms with Gasteiger partial charge in [0.05, 0.1) is 56.4 Å². The van der Waals surface area contributed by atoms with E-state index >= 15 is 0 Å². The van der Waals surface area contributed by atoms with E-state index in [1.807, 2.05) is 0 Å². The Bertz CT molecular complexity index is 2390. The van der Waals surface area contributed by atoms with Gasteiger partial charge in [-0.3, -0.25) is 0 Å². The fraction of sp³-hybridized carbons (Fsp3) is 0.966. The number of hydrogen-bond acceptors (Lipinski definition) is 27. The molecule has 0 unspecified atom stereocenters. The van der Waals surface area contributed by atoms with Gasteiger partial charge in [0.2, 0.25) is 0 Å². The van der Waals surface area contributed by atoms with Crippen LogP contribution in [0.5, 0.6) is 0 Å². The van der Waals surface area contributed by atoms with E-state index < -0.39 is 208 Å². The molecule has 16 N–H and O–H groups in total. The molecule has 6 saturated heterocycles. The van der Waals surface area contributed by atoms with Crippen LogP contribution < -0.4 is 0 Å². The number of aliphatic hydroxyl groups excluding tert-OH is 16. The summed E-state index contributed by atoms with van der Waals surface area (Å²) in [6.45, 7) is 14.4. The summed E-state index contributed by atoms with van der Waals surface area (Å²) in [5.74, 6) is 0.917. The van der Waals surface area contributed by atoms with Crippen LogP contribution in [0.25, 0.3) is 0 Å². The average Bonchev–Trinajstić information content (AvgIpc) is 1.33. The minimum atomic E-state index is -2.03. The van der Waals surface area contributed by atoms with Crippen LogP contribution in [0, 0.1) is 50.2 Å². The minimum absolute atomic E-state index is 0.0117. The van der Waals surface area contributed by atoms with Gasteiger partial charge in [0.15, 0.2) is 31.5 Å². The molecule has 11 aliphatic rings. The van der Waals surface area contributed by atoms with Crippen LogP contribution in [0.4, 0.5) is 0 Å². The summed E-state index contributed by atoms with van der Waals surface area (Å²) in [4.78, 5) is 0. The Morgan fingerprint density at radius 1 is 0.477 bits per heavy atom. The highest BCUT2D eigenvalue weighted by atomic mass is 16.8. The number of ether oxygens (including phenoxy) is 11. The topological polar surface area (TPSA) is 425 Å². The average molecular weight is 1240 g/mol. The molecule has 86 heavy (non-hydrogen) atoms. The number of rotatable bonds is 14. The second kappa shape index (κ2) is 23.8. The first-order valence-corrected chi connectivity index (χ1v) is 30.9. The van der Waals surface area contributed by atoms with E-state index in [-0.39, 0.29) is 40.6 Å². The Hall–Kier alpha value is -1.50. The standard InChI is InChI=1S/C59H96O27/c1-24-58-15-14-54(4,23-63)16-32(58)59(86-24)13-9-31-55(5)11-10-34(53(2,3)30(55)8-12-56(31,6)57(59,7)17-33(58)65)82-51-46(84-50-44(75)41(72)37(68)27(19-61)79-50)39(70)29(22-77-51)81-52-47(85-48-42(73)35(66)25(64)21-76-48)45(38(69)28(20-62)80-52)83-49-43(74)40(71)36(67)26(18-60)78-49/h25-52,60-75H,1,8-23H2,2-7H3/t25-,26-,27-,28-,29+,30+,31-,32-,33-,34+,35+,36-,37-,38-,39+,40+,41+,42-,43-,44-,45+,46-,47-,48+,49+,50+,51+,52+,54+,55+,56-,57+,58-,59+/m1/s1. The molecule has 0 radical (unpaired) electrons. The highest BCUT2D eigenvalue weighted by Crippen LogP contribution is 2.82. The van der Waals surface area contributed by atoms with Crippen molar-refractivity contribution in [3.05, 3.63) is 12.3 Å². The van der Waals surface area contributed by atoms with Gasteiger partial charge in [-0.2, -0.15) is 0 Å². The molecular weight excluding hydrogens is 1140 g/mol. The Morgan fingerprint density at radius 2 is 1.03 bits per heavy atom. The molecule has 6 heterocycles. The van der Waals surface area contributed by atoms with Gasteiger partial charge in [-0.1, -0.05) is 48.1 Å². The van der Waals surface area contributed by atoms with E-state index in [4.69, 9.17) is 52.1 Å². The van der Waals surface area contributed by atoms with Gasteiger partial charge in [-0.05, 0) is 97.7 Å². The molecule has 11 rings (SSSR count). The third-order valence-electron chi connectivity index (χ3n) is 24.3. The molecule has 0 amide bonds. The summed E-state index contributed by atoms with van der Waals surface area (Å²) in [6, 6.07) is 0. The second-order valence-electron chi connectivity index (χ2n) is 28.9. The molecule has 1 spiro atoms. The molecule has 5 aliphatic carbocycles. The molecule has 34 atom stereocenters. The second-order valence-corrected chi connectivity index (χ2v) is 28.9. The van der Waals surface area contributed by atoms with Gasteiger partial charge < -0.3 is 134 Å². The van der Waals surface area contributed by atoms with Gasteiger partial charge in [-0.25, -0.2) is 0 Å². The van der Waals surface area contributed by atoms with E-state index in [0.29, 0.717) is 31.4 Å². The predicted octanol–water partition coefficient (Wildman–Crippen LogP) is -3.76. The van der Waals surface area contributed by atoms with Crippen molar-refractivity contribution in [1.29, 1.82) is 0 Å². The summed E-state index contributed by atoms with van der Waals surface area (Å²) in [5.41, 5.74) is -3.06. The molecule has 0 aromatic carbocycles. The lowest BCUT2D eigenvalue weighted by Crippen LogP contribution is -2.74. The summed E-state index contributed by atoms with van der Waals surface area (Å²) in [7, 11) is 0. The number of hydrogen-bond donors (Lipinski definition) is 16. The number of fused-ring (bicyclic) bond motifs is 4. The molecular formula is C59H96O27.